The number of hydrogen-bond donors (Lipinski definition) is 3. The smallest absolute Gasteiger partial charge is 0.319 e. The molecule has 0 aromatic heterocycles. The van der Waals surface area contributed by atoms with Crippen LogP contribution in [0.15, 0.2) is 18.2 Å². The fourth-order valence-electron chi connectivity index (χ4n) is 2.13. The van der Waals surface area contributed by atoms with Crippen LogP contribution in [0.1, 0.15) is 6.42 Å². The number of nitrogens with one attached hydrogen (secondary N) is 2. The van der Waals surface area contributed by atoms with Gasteiger partial charge in [-0.3, -0.25) is 0 Å². The number of hydrogen-bond acceptors (Lipinski definition) is 5. The number of benzene rings is 1. The van der Waals surface area contributed by atoms with Crippen LogP contribution in [-0.4, -0.2) is 50.7 Å². The van der Waals surface area contributed by atoms with Gasteiger partial charge in [-0.25, -0.2) is 4.79 Å². The molecule has 7 heteroatoms. The van der Waals surface area contributed by atoms with Gasteiger partial charge in [-0.1, -0.05) is 6.07 Å². The summed E-state index contributed by atoms with van der Waals surface area (Å²) in [5.74, 6) is 0.969. The first kappa shape index (κ1) is 15.4. The van der Waals surface area contributed by atoms with Crippen molar-refractivity contribution in [2.45, 2.75) is 12.0 Å². The standard InChI is InChI=1S/C14H20N2O5/c1-19-11-5-3-4-10(12(11)20-2)16-13(17)15-8-14(18)6-7-21-9-14/h3-5,18H,6-9H2,1-2H3,(H2,15,16,17)/t14-/m1/s1. The van der Waals surface area contributed by atoms with Crippen molar-refractivity contribution in [1.29, 1.82) is 0 Å². The zero-order valence-corrected chi connectivity index (χ0v) is 12.1. The van der Waals surface area contributed by atoms with E-state index in [2.05, 4.69) is 10.6 Å². The van der Waals surface area contributed by atoms with Crippen molar-refractivity contribution >= 4 is 11.7 Å². The molecule has 0 saturated carbocycles. The molecule has 0 spiro atoms. The van der Waals surface area contributed by atoms with Crippen molar-refractivity contribution in [1.82, 2.24) is 5.32 Å². The van der Waals surface area contributed by atoms with Crippen LogP contribution < -0.4 is 20.1 Å². The highest BCUT2D eigenvalue weighted by Crippen LogP contribution is 2.34. The maximum Gasteiger partial charge on any atom is 0.319 e. The molecule has 2 rings (SSSR count). The summed E-state index contributed by atoms with van der Waals surface area (Å²) in [4.78, 5) is 11.9. The van der Waals surface area contributed by atoms with E-state index in [1.165, 1.54) is 14.2 Å². The van der Waals surface area contributed by atoms with Gasteiger partial charge in [-0.15, -0.1) is 0 Å². The van der Waals surface area contributed by atoms with Gasteiger partial charge in [-0.2, -0.15) is 0 Å². The molecule has 1 heterocycles. The summed E-state index contributed by atoms with van der Waals surface area (Å²) in [7, 11) is 3.02. The molecule has 1 aliphatic rings. The third-order valence-electron chi connectivity index (χ3n) is 3.31. The fourth-order valence-corrected chi connectivity index (χ4v) is 2.13. The molecular formula is C14H20N2O5. The zero-order valence-electron chi connectivity index (χ0n) is 12.1. The molecule has 0 bridgehead atoms. The molecule has 3 N–H and O–H groups in total. The molecule has 1 aliphatic heterocycles. The Morgan fingerprint density at radius 1 is 1.43 bits per heavy atom. The second kappa shape index (κ2) is 6.64. The Balaban J connectivity index is 1.96. The lowest BCUT2D eigenvalue weighted by atomic mass is 10.0. The number of methoxy groups -OCH3 is 2. The van der Waals surface area contributed by atoms with Crippen LogP contribution in [0.25, 0.3) is 0 Å². The van der Waals surface area contributed by atoms with E-state index in [-0.39, 0.29) is 13.2 Å². The number of ether oxygens (including phenoxy) is 3. The van der Waals surface area contributed by atoms with E-state index < -0.39 is 11.6 Å². The minimum absolute atomic E-state index is 0.130. The number of carbonyl (C=O) groups is 1. The van der Waals surface area contributed by atoms with Crippen LogP contribution in [0, 0.1) is 0 Å². The van der Waals surface area contributed by atoms with Crippen molar-refractivity contribution in [3.05, 3.63) is 18.2 Å². The molecule has 1 saturated heterocycles. The van der Waals surface area contributed by atoms with Gasteiger partial charge >= 0.3 is 6.03 Å². The Labute approximate surface area is 123 Å². The Bertz CT molecular complexity index is 500. The molecule has 21 heavy (non-hydrogen) atoms. The van der Waals surface area contributed by atoms with Crippen LogP contribution in [-0.2, 0) is 4.74 Å². The van der Waals surface area contributed by atoms with Gasteiger partial charge in [0.2, 0.25) is 0 Å². The second-order valence-electron chi connectivity index (χ2n) is 4.88. The average Bonchev–Trinajstić information content (AvgIpc) is 2.92. The summed E-state index contributed by atoms with van der Waals surface area (Å²) in [6.45, 7) is 0.865. The molecule has 7 nitrogen and oxygen atoms in total. The molecule has 1 aromatic carbocycles. The van der Waals surface area contributed by atoms with E-state index >= 15 is 0 Å². The fraction of sp³-hybridized carbons (Fsp3) is 0.500. The third kappa shape index (κ3) is 3.77. The molecular weight excluding hydrogens is 276 g/mol. The van der Waals surface area contributed by atoms with Gasteiger partial charge in [-0.05, 0) is 12.1 Å². The molecule has 0 unspecified atom stereocenters. The van der Waals surface area contributed by atoms with Crippen molar-refractivity contribution < 1.29 is 24.1 Å². The van der Waals surface area contributed by atoms with Crippen LogP contribution in [0.5, 0.6) is 11.5 Å². The first-order chi connectivity index (χ1) is 10.1. The van der Waals surface area contributed by atoms with Gasteiger partial charge in [0.15, 0.2) is 11.5 Å². The summed E-state index contributed by atoms with van der Waals surface area (Å²) >= 11 is 0. The van der Waals surface area contributed by atoms with E-state index in [9.17, 15) is 9.90 Å². The quantitative estimate of drug-likeness (QED) is 0.753. The van der Waals surface area contributed by atoms with Crippen molar-refractivity contribution in [3.63, 3.8) is 0 Å². The number of para-hydroxylation sites is 1. The molecule has 116 valence electrons. The van der Waals surface area contributed by atoms with Gasteiger partial charge < -0.3 is 30.0 Å². The van der Waals surface area contributed by atoms with Crippen molar-refractivity contribution in [2.75, 3.05) is 39.3 Å². The summed E-state index contributed by atoms with van der Waals surface area (Å²) in [6.07, 6.45) is 0.510. The first-order valence-corrected chi connectivity index (χ1v) is 6.64. The predicted octanol–water partition coefficient (Wildman–Crippen LogP) is 0.977. The lowest BCUT2D eigenvalue weighted by molar-refractivity contribution is 0.0295. The van der Waals surface area contributed by atoms with Gasteiger partial charge in [0, 0.05) is 13.0 Å². The lowest BCUT2D eigenvalue weighted by Gasteiger charge is -2.21. The van der Waals surface area contributed by atoms with E-state index in [0.717, 1.165) is 0 Å². The Morgan fingerprint density at radius 3 is 2.86 bits per heavy atom. The minimum Gasteiger partial charge on any atom is -0.493 e. The van der Waals surface area contributed by atoms with Crippen LogP contribution in [0.3, 0.4) is 0 Å². The van der Waals surface area contributed by atoms with Gasteiger partial charge in [0.05, 0.1) is 33.1 Å². The van der Waals surface area contributed by atoms with Gasteiger partial charge in [0.25, 0.3) is 0 Å². The van der Waals surface area contributed by atoms with E-state index in [1.54, 1.807) is 18.2 Å². The number of anilines is 1. The highest BCUT2D eigenvalue weighted by Gasteiger charge is 2.32. The SMILES string of the molecule is COc1cccc(NC(=O)NC[C@]2(O)CCOC2)c1OC. The maximum atomic E-state index is 11.9. The Morgan fingerprint density at radius 2 is 2.24 bits per heavy atom. The molecule has 0 aliphatic carbocycles. The highest BCUT2D eigenvalue weighted by molar-refractivity contribution is 5.91. The number of rotatable bonds is 5. The van der Waals surface area contributed by atoms with Crippen molar-refractivity contribution in [3.8, 4) is 11.5 Å². The molecule has 1 atom stereocenters. The lowest BCUT2D eigenvalue weighted by Crippen LogP contribution is -2.44. The van der Waals surface area contributed by atoms with E-state index in [4.69, 9.17) is 14.2 Å². The number of amides is 2. The minimum atomic E-state index is -0.990. The number of carbonyl (C=O) groups excluding carboxylic acids is 1. The summed E-state index contributed by atoms with van der Waals surface area (Å²) < 4.78 is 15.5. The molecule has 1 aromatic rings. The monoisotopic (exact) mass is 296 g/mol. The second-order valence-corrected chi connectivity index (χ2v) is 4.88. The first-order valence-electron chi connectivity index (χ1n) is 6.64. The molecule has 1 fully saturated rings. The van der Waals surface area contributed by atoms with Crippen molar-refractivity contribution in [2.24, 2.45) is 0 Å². The maximum absolute atomic E-state index is 11.9. The predicted molar refractivity (Wildman–Crippen MR) is 77.0 cm³/mol. The number of aliphatic hydroxyl groups is 1. The van der Waals surface area contributed by atoms with Crippen LogP contribution in [0.4, 0.5) is 10.5 Å². The summed E-state index contributed by atoms with van der Waals surface area (Å²) in [5.41, 5.74) is -0.500. The van der Waals surface area contributed by atoms with E-state index in [0.29, 0.717) is 30.2 Å². The average molecular weight is 296 g/mol. The Hall–Kier alpha value is -1.99. The summed E-state index contributed by atoms with van der Waals surface area (Å²) in [5, 5.41) is 15.4. The largest absolute Gasteiger partial charge is 0.493 e. The van der Waals surface area contributed by atoms with Crippen LogP contribution in [0.2, 0.25) is 0 Å². The normalized spacial score (nSPS) is 20.9. The van der Waals surface area contributed by atoms with E-state index in [1.807, 2.05) is 0 Å². The molecule has 2 amide bonds. The molecule has 0 radical (unpaired) electrons. The topological polar surface area (TPSA) is 89.1 Å². The Kier molecular flexibility index (Phi) is 4.87. The number of urea groups is 1. The third-order valence-corrected chi connectivity index (χ3v) is 3.31. The summed E-state index contributed by atoms with van der Waals surface area (Å²) in [6, 6.07) is 4.76. The van der Waals surface area contributed by atoms with Crippen LogP contribution >= 0.6 is 0 Å². The zero-order chi connectivity index (χ0) is 15.3. The van der Waals surface area contributed by atoms with Gasteiger partial charge in [0.1, 0.15) is 5.60 Å². The highest BCUT2D eigenvalue weighted by atomic mass is 16.5.